The molecule has 0 saturated heterocycles. The van der Waals surface area contributed by atoms with Crippen molar-refractivity contribution in [1.29, 1.82) is 0 Å². The minimum absolute atomic E-state index is 0.0245. The molecule has 3 rings (SSSR count). The Hall–Kier alpha value is -2.05. The summed E-state index contributed by atoms with van der Waals surface area (Å²) in [5.41, 5.74) is 3.40. The second-order valence-corrected chi connectivity index (χ2v) is 6.57. The van der Waals surface area contributed by atoms with Crippen molar-refractivity contribution in [3.63, 3.8) is 0 Å². The Morgan fingerprint density at radius 2 is 1.62 bits per heavy atom. The largest absolute Gasteiger partial charge is 0.289 e. The molecule has 104 valence electrons. The molecule has 1 aliphatic carbocycles. The van der Waals surface area contributed by atoms with Crippen molar-refractivity contribution in [2.45, 2.75) is 13.8 Å². The smallest absolute Gasteiger partial charge is 0.194 e. The minimum atomic E-state index is -0.0718. The number of benzene rings is 2. The summed E-state index contributed by atoms with van der Waals surface area (Å²) in [6.07, 6.45) is 1.50. The molecule has 0 fully saturated rings. The lowest BCUT2D eigenvalue weighted by atomic mass is 9.95. The van der Waals surface area contributed by atoms with Crippen LogP contribution in [0.3, 0.4) is 0 Å². The van der Waals surface area contributed by atoms with Gasteiger partial charge in [-0.25, -0.2) is 0 Å². The lowest BCUT2D eigenvalue weighted by Crippen LogP contribution is -2.16. The number of rotatable bonds is 2. The first kappa shape index (κ1) is 13.9. The van der Waals surface area contributed by atoms with Gasteiger partial charge in [0.05, 0.1) is 0 Å². The zero-order valence-electron chi connectivity index (χ0n) is 11.9. The molecule has 1 unspecified atom stereocenters. The summed E-state index contributed by atoms with van der Waals surface area (Å²) in [6.45, 7) is 4.09. The predicted molar refractivity (Wildman–Crippen MR) is 87.1 cm³/mol. The summed E-state index contributed by atoms with van der Waals surface area (Å²) in [5, 5.41) is 1.72. The van der Waals surface area contributed by atoms with Crippen LogP contribution in [-0.4, -0.2) is 11.6 Å². The van der Waals surface area contributed by atoms with E-state index in [2.05, 4.69) is 6.07 Å². The van der Waals surface area contributed by atoms with Crippen LogP contribution in [0, 0.1) is 13.8 Å². The van der Waals surface area contributed by atoms with E-state index < -0.39 is 0 Å². The summed E-state index contributed by atoms with van der Waals surface area (Å²) in [5.74, 6) is -0.0963. The highest BCUT2D eigenvalue weighted by atomic mass is 31.1. The highest BCUT2D eigenvalue weighted by Crippen LogP contribution is 2.32. The van der Waals surface area contributed by atoms with Crippen LogP contribution < -0.4 is 5.30 Å². The van der Waals surface area contributed by atoms with Gasteiger partial charge in [-0.2, -0.15) is 0 Å². The van der Waals surface area contributed by atoms with E-state index in [0.717, 1.165) is 10.9 Å². The van der Waals surface area contributed by atoms with E-state index in [-0.39, 0.29) is 20.1 Å². The Kier molecular flexibility index (Phi) is 3.57. The van der Waals surface area contributed by atoms with E-state index in [0.29, 0.717) is 16.4 Å². The van der Waals surface area contributed by atoms with Crippen LogP contribution in [0.5, 0.6) is 0 Å². The fourth-order valence-corrected chi connectivity index (χ4v) is 3.68. The van der Waals surface area contributed by atoms with Gasteiger partial charge in [-0.15, -0.1) is 0 Å². The Labute approximate surface area is 125 Å². The van der Waals surface area contributed by atoms with E-state index >= 15 is 0 Å². The third-order valence-corrected chi connectivity index (χ3v) is 5.08. The molecule has 0 amide bonds. The molecule has 0 aliphatic heterocycles. The van der Waals surface area contributed by atoms with Crippen molar-refractivity contribution >= 4 is 25.5 Å². The summed E-state index contributed by atoms with van der Waals surface area (Å²) < 4.78 is 0. The maximum Gasteiger partial charge on any atom is 0.194 e. The molecule has 0 N–H and O–H groups in total. The van der Waals surface area contributed by atoms with E-state index in [4.69, 9.17) is 0 Å². The number of aryl methyl sites for hydroxylation is 2. The average molecular weight is 294 g/mol. The Balaban J connectivity index is 1.97. The molecule has 2 nitrogen and oxygen atoms in total. The number of hydrogen-bond acceptors (Lipinski definition) is 2. The Morgan fingerprint density at radius 3 is 2.33 bits per heavy atom. The first-order valence-corrected chi connectivity index (χ1v) is 7.80. The highest BCUT2D eigenvalue weighted by molar-refractivity contribution is 7.53. The van der Waals surface area contributed by atoms with Gasteiger partial charge in [-0.1, -0.05) is 56.6 Å². The molecular weight excluding hydrogens is 279 g/mol. The van der Waals surface area contributed by atoms with Gasteiger partial charge in [0.15, 0.2) is 11.6 Å². The summed E-state index contributed by atoms with van der Waals surface area (Å²) in [7, 11) is 0.218. The normalized spacial score (nSPS) is 14.5. The van der Waals surface area contributed by atoms with Crippen molar-refractivity contribution in [3.8, 4) is 0 Å². The maximum atomic E-state index is 12.5. The number of carbonyl (C=O) groups is 2. The summed E-state index contributed by atoms with van der Waals surface area (Å²) in [6, 6.07) is 13.2. The van der Waals surface area contributed by atoms with Gasteiger partial charge >= 0.3 is 0 Å². The molecule has 0 bridgehead atoms. The fraction of sp³-hybridized carbons (Fsp3) is 0.111. The van der Waals surface area contributed by atoms with Crippen molar-refractivity contribution in [1.82, 2.24) is 0 Å². The molecule has 2 aromatic rings. The molecular formula is C18H15O2P. The zero-order chi connectivity index (χ0) is 15.0. The minimum Gasteiger partial charge on any atom is -0.289 e. The lowest BCUT2D eigenvalue weighted by Gasteiger charge is -2.16. The van der Waals surface area contributed by atoms with E-state index in [1.54, 1.807) is 24.3 Å². The Morgan fingerprint density at radius 1 is 0.905 bits per heavy atom. The van der Waals surface area contributed by atoms with Crippen LogP contribution in [0.1, 0.15) is 31.8 Å². The second-order valence-electron chi connectivity index (χ2n) is 5.24. The first-order chi connectivity index (χ1) is 10.1. The van der Waals surface area contributed by atoms with Gasteiger partial charge in [0.2, 0.25) is 0 Å². The van der Waals surface area contributed by atoms with Gasteiger partial charge in [0, 0.05) is 16.4 Å². The standard InChI is InChI=1S/C18H15O2P/c1-11-7-8-16(12(2)9-11)21-17-10-15(19)13-5-3-4-6-14(13)18(17)20/h3-10,21H,1-2H3. The molecule has 21 heavy (non-hydrogen) atoms. The second kappa shape index (κ2) is 5.38. The topological polar surface area (TPSA) is 34.1 Å². The van der Waals surface area contributed by atoms with Gasteiger partial charge in [-0.05, 0) is 30.8 Å². The van der Waals surface area contributed by atoms with Gasteiger partial charge < -0.3 is 0 Å². The Bertz CT molecular complexity index is 788. The van der Waals surface area contributed by atoms with Crippen molar-refractivity contribution < 1.29 is 9.59 Å². The fourth-order valence-electron chi connectivity index (χ4n) is 2.51. The third kappa shape index (κ3) is 2.59. The van der Waals surface area contributed by atoms with Crippen molar-refractivity contribution in [2.75, 3.05) is 0 Å². The van der Waals surface area contributed by atoms with Crippen LogP contribution in [0.25, 0.3) is 0 Å². The number of hydrogen-bond donors (Lipinski definition) is 0. The molecule has 0 radical (unpaired) electrons. The van der Waals surface area contributed by atoms with Gasteiger partial charge in [0.1, 0.15) is 0 Å². The predicted octanol–water partition coefficient (Wildman–Crippen LogP) is 3.57. The molecule has 3 heteroatoms. The van der Waals surface area contributed by atoms with E-state index in [1.165, 1.54) is 11.6 Å². The quantitative estimate of drug-likeness (QED) is 0.793. The van der Waals surface area contributed by atoms with Crippen LogP contribution in [-0.2, 0) is 0 Å². The summed E-state index contributed by atoms with van der Waals surface area (Å²) >= 11 is 0. The maximum absolute atomic E-state index is 12.5. The van der Waals surface area contributed by atoms with Crippen LogP contribution >= 0.6 is 8.58 Å². The van der Waals surface area contributed by atoms with Gasteiger partial charge in [-0.3, -0.25) is 9.59 Å². The molecule has 1 atom stereocenters. The zero-order valence-corrected chi connectivity index (χ0v) is 12.9. The average Bonchev–Trinajstić information content (AvgIpc) is 2.47. The molecule has 0 saturated carbocycles. The molecule has 2 aromatic carbocycles. The van der Waals surface area contributed by atoms with Crippen molar-refractivity contribution in [3.05, 3.63) is 76.1 Å². The van der Waals surface area contributed by atoms with Gasteiger partial charge in [0.25, 0.3) is 0 Å². The third-order valence-electron chi connectivity index (χ3n) is 3.61. The summed E-state index contributed by atoms with van der Waals surface area (Å²) in [4.78, 5) is 24.7. The van der Waals surface area contributed by atoms with E-state index in [9.17, 15) is 9.59 Å². The van der Waals surface area contributed by atoms with E-state index in [1.807, 2.05) is 26.0 Å². The monoisotopic (exact) mass is 294 g/mol. The SMILES string of the molecule is Cc1ccc(PC2=CC(=O)c3ccccc3C2=O)c(C)c1. The van der Waals surface area contributed by atoms with Crippen LogP contribution in [0.2, 0.25) is 0 Å². The molecule has 0 spiro atoms. The molecule has 0 aromatic heterocycles. The highest BCUT2D eigenvalue weighted by Gasteiger charge is 2.25. The van der Waals surface area contributed by atoms with Crippen LogP contribution in [0.4, 0.5) is 0 Å². The lowest BCUT2D eigenvalue weighted by molar-refractivity contribution is 0.0991. The number of carbonyl (C=O) groups excluding carboxylic acids is 2. The first-order valence-electron chi connectivity index (χ1n) is 6.80. The number of fused-ring (bicyclic) bond motifs is 1. The number of ketones is 2. The van der Waals surface area contributed by atoms with Crippen LogP contribution in [0.15, 0.2) is 53.9 Å². The van der Waals surface area contributed by atoms with Crippen molar-refractivity contribution in [2.24, 2.45) is 0 Å². The number of Topliss-reactive ketones (excluding diaryl/α,β-unsaturated/α-hetero) is 1. The molecule has 0 heterocycles. The number of allylic oxidation sites excluding steroid dienone is 2. The molecule has 1 aliphatic rings.